The average Bonchev–Trinajstić information content (AvgIpc) is 3.55. The third-order valence-corrected chi connectivity index (χ3v) is 6.68. The lowest BCUT2D eigenvalue weighted by Gasteiger charge is -2.22. The van der Waals surface area contributed by atoms with Gasteiger partial charge in [-0.05, 0) is 55.1 Å². The Morgan fingerprint density at radius 1 is 0.886 bits per heavy atom. The zero-order valence-corrected chi connectivity index (χ0v) is 19.3. The maximum atomic E-state index is 14.6. The predicted octanol–water partition coefficient (Wildman–Crippen LogP) is 4.21. The van der Waals surface area contributed by atoms with E-state index in [4.69, 9.17) is 5.73 Å². The van der Waals surface area contributed by atoms with E-state index < -0.39 is 0 Å². The van der Waals surface area contributed by atoms with Crippen molar-refractivity contribution in [3.8, 4) is 33.5 Å². The molecule has 4 aromatic heterocycles. The normalized spacial score (nSPS) is 14.6. The monoisotopic (exact) mass is 468 g/mol. The molecule has 0 radical (unpaired) electrons. The Kier molecular flexibility index (Phi) is 5.26. The number of hydrogen-bond donors (Lipinski definition) is 2. The smallest absolute Gasteiger partial charge is 0.132 e. The summed E-state index contributed by atoms with van der Waals surface area (Å²) in [5, 5.41) is 13.4. The van der Waals surface area contributed by atoms with Crippen LogP contribution in [-0.4, -0.2) is 42.6 Å². The van der Waals surface area contributed by atoms with Gasteiger partial charge in [0.1, 0.15) is 11.6 Å². The molecule has 3 N–H and O–H groups in total. The number of rotatable bonds is 4. The van der Waals surface area contributed by atoms with Crippen molar-refractivity contribution in [2.45, 2.75) is 18.9 Å². The summed E-state index contributed by atoms with van der Waals surface area (Å²) in [7, 11) is 1.85. The summed E-state index contributed by atoms with van der Waals surface area (Å²) in [6.07, 6.45) is 13.0. The van der Waals surface area contributed by atoms with E-state index in [9.17, 15) is 4.39 Å². The van der Waals surface area contributed by atoms with E-state index >= 15 is 0 Å². The number of aryl methyl sites for hydroxylation is 1. The summed E-state index contributed by atoms with van der Waals surface area (Å²) in [6, 6.07) is 7.47. The van der Waals surface area contributed by atoms with Gasteiger partial charge in [-0.1, -0.05) is 6.07 Å². The molecule has 1 aromatic carbocycles. The topological polar surface area (TPSA) is 99.5 Å². The Hall–Kier alpha value is -4.11. The van der Waals surface area contributed by atoms with Gasteiger partial charge in [0.25, 0.3) is 0 Å². The van der Waals surface area contributed by atoms with Gasteiger partial charge in [-0.15, -0.1) is 0 Å². The second kappa shape index (κ2) is 8.59. The van der Waals surface area contributed by atoms with Crippen molar-refractivity contribution in [3.05, 3.63) is 67.3 Å². The van der Waals surface area contributed by atoms with E-state index in [1.165, 1.54) is 6.07 Å². The van der Waals surface area contributed by atoms with Crippen LogP contribution < -0.4 is 11.1 Å². The van der Waals surface area contributed by atoms with E-state index in [1.54, 1.807) is 29.3 Å². The summed E-state index contributed by atoms with van der Waals surface area (Å²) in [5.74, 6) is 0.0440. The van der Waals surface area contributed by atoms with Crippen LogP contribution in [0, 0.1) is 5.82 Å². The average molecular weight is 469 g/mol. The first-order chi connectivity index (χ1) is 17.1. The van der Waals surface area contributed by atoms with Crippen molar-refractivity contribution in [2.75, 3.05) is 18.8 Å². The first-order valence-corrected chi connectivity index (χ1v) is 11.7. The molecule has 0 amide bonds. The lowest BCUT2D eigenvalue weighted by molar-refractivity contribution is 0.343. The van der Waals surface area contributed by atoms with Gasteiger partial charge in [0.15, 0.2) is 0 Å². The number of anilines is 1. The number of halogens is 1. The van der Waals surface area contributed by atoms with Gasteiger partial charge >= 0.3 is 0 Å². The molecule has 1 saturated heterocycles. The summed E-state index contributed by atoms with van der Waals surface area (Å²) in [5.41, 5.74) is 11.3. The third kappa shape index (κ3) is 3.93. The minimum absolute atomic E-state index is 0.322. The number of hydrogen-bond acceptors (Lipinski definition) is 6. The number of nitrogens with two attached hydrogens (primary N) is 1. The van der Waals surface area contributed by atoms with Crippen molar-refractivity contribution in [1.82, 2.24) is 34.8 Å². The first-order valence-electron chi connectivity index (χ1n) is 11.7. The fourth-order valence-corrected chi connectivity index (χ4v) is 4.76. The van der Waals surface area contributed by atoms with E-state index in [-0.39, 0.29) is 5.82 Å². The second-order valence-corrected chi connectivity index (χ2v) is 8.96. The molecular formula is C26H25FN8. The van der Waals surface area contributed by atoms with Gasteiger partial charge in [-0.25, -0.2) is 9.37 Å². The number of benzene rings is 1. The van der Waals surface area contributed by atoms with Crippen molar-refractivity contribution in [2.24, 2.45) is 7.05 Å². The van der Waals surface area contributed by atoms with E-state index in [0.29, 0.717) is 28.5 Å². The van der Waals surface area contributed by atoms with Crippen molar-refractivity contribution < 1.29 is 4.39 Å². The molecule has 8 nitrogen and oxygen atoms in total. The van der Waals surface area contributed by atoms with Gasteiger partial charge in [0, 0.05) is 59.5 Å². The Labute approximate surface area is 201 Å². The molecule has 35 heavy (non-hydrogen) atoms. The minimum atomic E-state index is -0.322. The maximum Gasteiger partial charge on any atom is 0.132 e. The highest BCUT2D eigenvalue weighted by atomic mass is 19.1. The molecule has 5 aromatic rings. The molecule has 0 bridgehead atoms. The van der Waals surface area contributed by atoms with Crippen LogP contribution in [0.25, 0.3) is 44.3 Å². The second-order valence-electron chi connectivity index (χ2n) is 8.96. The van der Waals surface area contributed by atoms with Crippen LogP contribution in [-0.2, 0) is 7.05 Å². The zero-order chi connectivity index (χ0) is 23.9. The zero-order valence-electron chi connectivity index (χ0n) is 19.3. The SMILES string of the molecule is Cn1cc(-c2ccc(F)c3cnc(-c4cc(-c5cnn(C6CCNCC6)c5)cnc4N)cc23)cn1. The van der Waals surface area contributed by atoms with Gasteiger partial charge in [0.05, 0.1) is 24.1 Å². The largest absolute Gasteiger partial charge is 0.383 e. The van der Waals surface area contributed by atoms with E-state index in [1.807, 2.05) is 36.3 Å². The molecule has 6 rings (SSSR count). The Balaban J connectivity index is 1.42. The van der Waals surface area contributed by atoms with Crippen LogP contribution >= 0.6 is 0 Å². The lowest BCUT2D eigenvalue weighted by atomic mass is 9.99. The van der Waals surface area contributed by atoms with Gasteiger partial charge < -0.3 is 11.1 Å². The minimum Gasteiger partial charge on any atom is -0.383 e. The standard InChI is InChI=1S/C26H25FN8/c1-34-14-18(12-32-34)20-2-3-24(27)23-13-30-25(9-21(20)23)22-8-16(10-31-26(22)28)17-11-33-35(15-17)19-4-6-29-7-5-19/h2-3,8-15,19,29H,4-7H2,1H3,(H2,28,31). The lowest BCUT2D eigenvalue weighted by Crippen LogP contribution is -2.29. The fourth-order valence-electron chi connectivity index (χ4n) is 4.76. The predicted molar refractivity (Wildman–Crippen MR) is 134 cm³/mol. The van der Waals surface area contributed by atoms with Crippen LogP contribution in [0.3, 0.4) is 0 Å². The molecule has 0 unspecified atom stereocenters. The Bertz CT molecular complexity index is 1530. The molecule has 0 spiro atoms. The van der Waals surface area contributed by atoms with E-state index in [2.05, 4.69) is 31.7 Å². The van der Waals surface area contributed by atoms with Crippen LogP contribution in [0.15, 0.2) is 61.4 Å². The van der Waals surface area contributed by atoms with Crippen LogP contribution in [0.1, 0.15) is 18.9 Å². The first kappa shape index (κ1) is 21.4. The van der Waals surface area contributed by atoms with Crippen LogP contribution in [0.4, 0.5) is 10.2 Å². The number of nitrogens with zero attached hydrogens (tertiary/aromatic N) is 6. The number of nitrogen functional groups attached to an aromatic ring is 1. The fraction of sp³-hybridized carbons (Fsp3) is 0.231. The number of fused-ring (bicyclic) bond motifs is 1. The maximum absolute atomic E-state index is 14.6. The highest BCUT2D eigenvalue weighted by Crippen LogP contribution is 2.35. The van der Waals surface area contributed by atoms with Crippen molar-refractivity contribution in [3.63, 3.8) is 0 Å². The van der Waals surface area contributed by atoms with Gasteiger partial charge in [-0.3, -0.25) is 14.3 Å². The Morgan fingerprint density at radius 3 is 2.51 bits per heavy atom. The molecule has 1 aliphatic heterocycles. The van der Waals surface area contributed by atoms with Gasteiger partial charge in [0.2, 0.25) is 0 Å². The highest BCUT2D eigenvalue weighted by molar-refractivity contribution is 5.98. The summed E-state index contributed by atoms with van der Waals surface area (Å²) >= 11 is 0. The molecule has 5 heterocycles. The third-order valence-electron chi connectivity index (χ3n) is 6.68. The number of pyridine rings is 2. The molecule has 1 fully saturated rings. The van der Waals surface area contributed by atoms with E-state index in [0.717, 1.165) is 53.6 Å². The molecule has 176 valence electrons. The number of piperidine rings is 1. The van der Waals surface area contributed by atoms with Crippen molar-refractivity contribution >= 4 is 16.6 Å². The Morgan fingerprint density at radius 2 is 1.71 bits per heavy atom. The van der Waals surface area contributed by atoms with Crippen molar-refractivity contribution in [1.29, 1.82) is 0 Å². The number of nitrogens with one attached hydrogen (secondary N) is 1. The molecule has 0 atom stereocenters. The van der Waals surface area contributed by atoms with Gasteiger partial charge in [-0.2, -0.15) is 10.2 Å². The quantitative estimate of drug-likeness (QED) is 0.410. The molecule has 9 heteroatoms. The summed E-state index contributed by atoms with van der Waals surface area (Å²) < 4.78 is 18.4. The van der Waals surface area contributed by atoms with Crippen LogP contribution in [0.2, 0.25) is 0 Å². The number of aromatic nitrogens is 6. The molecule has 0 saturated carbocycles. The molecule has 1 aliphatic rings. The molecular weight excluding hydrogens is 443 g/mol. The van der Waals surface area contributed by atoms with Crippen LogP contribution in [0.5, 0.6) is 0 Å². The molecule has 0 aliphatic carbocycles. The summed E-state index contributed by atoms with van der Waals surface area (Å²) in [4.78, 5) is 8.98. The highest BCUT2D eigenvalue weighted by Gasteiger charge is 2.18. The summed E-state index contributed by atoms with van der Waals surface area (Å²) in [6.45, 7) is 2.01.